The lowest BCUT2D eigenvalue weighted by Gasteiger charge is -2.18. The molecule has 92 valence electrons. The Kier molecular flexibility index (Phi) is 3.31. The van der Waals surface area contributed by atoms with E-state index in [0.717, 1.165) is 24.8 Å². The number of nitrogens with two attached hydrogens (primary N) is 1. The molecule has 1 aromatic carbocycles. The molecule has 1 aromatic heterocycles. The third-order valence-corrected chi connectivity index (χ3v) is 3.16. The zero-order valence-electron chi connectivity index (χ0n) is 10.3. The molecule has 3 nitrogen and oxygen atoms in total. The van der Waals surface area contributed by atoms with Crippen LogP contribution in [0.2, 0.25) is 0 Å². The highest BCUT2D eigenvalue weighted by Gasteiger charge is 2.17. The van der Waals surface area contributed by atoms with Crippen molar-refractivity contribution in [1.29, 1.82) is 0 Å². The van der Waals surface area contributed by atoms with Gasteiger partial charge in [0.05, 0.1) is 5.52 Å². The number of nitrogens with zero attached hydrogens (tertiary/aromatic N) is 2. The Labute approximate surface area is 100 Å². The van der Waals surface area contributed by atoms with Gasteiger partial charge in [-0.1, -0.05) is 26.3 Å². The van der Waals surface area contributed by atoms with E-state index < -0.39 is 0 Å². The molecule has 0 spiro atoms. The summed E-state index contributed by atoms with van der Waals surface area (Å²) in [5.41, 5.74) is 7.08. The van der Waals surface area contributed by atoms with Crippen molar-refractivity contribution < 1.29 is 4.39 Å². The zero-order valence-corrected chi connectivity index (χ0v) is 10.3. The number of imidazole rings is 1. The highest BCUT2D eigenvalue weighted by molar-refractivity contribution is 5.79. The van der Waals surface area contributed by atoms with E-state index in [2.05, 4.69) is 18.8 Å². The highest BCUT2D eigenvalue weighted by atomic mass is 19.1. The Morgan fingerprint density at radius 1 is 1.41 bits per heavy atom. The van der Waals surface area contributed by atoms with Gasteiger partial charge in [0, 0.05) is 6.04 Å². The fourth-order valence-electron chi connectivity index (χ4n) is 2.33. The molecule has 2 N–H and O–H groups in total. The van der Waals surface area contributed by atoms with Gasteiger partial charge in [-0.25, -0.2) is 9.37 Å². The normalized spacial score (nSPS) is 13.1. The molecule has 0 aliphatic carbocycles. The SMILES string of the molecule is CCCC(CC)n1c(N)nc2c(F)cccc21. The van der Waals surface area contributed by atoms with Gasteiger partial charge in [-0.15, -0.1) is 0 Å². The van der Waals surface area contributed by atoms with Crippen molar-refractivity contribution in [3.63, 3.8) is 0 Å². The van der Waals surface area contributed by atoms with Crippen molar-refractivity contribution in [2.45, 2.75) is 39.2 Å². The number of rotatable bonds is 4. The van der Waals surface area contributed by atoms with Crippen LogP contribution in [0.5, 0.6) is 0 Å². The van der Waals surface area contributed by atoms with Gasteiger partial charge in [0.1, 0.15) is 5.52 Å². The lowest BCUT2D eigenvalue weighted by Crippen LogP contribution is -2.11. The van der Waals surface area contributed by atoms with E-state index in [1.807, 2.05) is 10.6 Å². The molecule has 0 aliphatic heterocycles. The molecule has 1 heterocycles. The fraction of sp³-hybridized carbons (Fsp3) is 0.462. The van der Waals surface area contributed by atoms with E-state index >= 15 is 0 Å². The number of aromatic nitrogens is 2. The van der Waals surface area contributed by atoms with Gasteiger partial charge in [-0.05, 0) is 25.0 Å². The summed E-state index contributed by atoms with van der Waals surface area (Å²) in [6.07, 6.45) is 3.08. The Morgan fingerprint density at radius 2 is 2.18 bits per heavy atom. The number of hydrogen-bond acceptors (Lipinski definition) is 2. The van der Waals surface area contributed by atoms with Crippen molar-refractivity contribution in [2.24, 2.45) is 0 Å². The second kappa shape index (κ2) is 4.73. The molecule has 0 radical (unpaired) electrons. The van der Waals surface area contributed by atoms with Crippen LogP contribution >= 0.6 is 0 Å². The van der Waals surface area contributed by atoms with E-state index in [0.29, 0.717) is 17.5 Å². The molecule has 0 amide bonds. The van der Waals surface area contributed by atoms with Gasteiger partial charge < -0.3 is 10.3 Å². The summed E-state index contributed by atoms with van der Waals surface area (Å²) in [5, 5.41) is 0. The van der Waals surface area contributed by atoms with Gasteiger partial charge in [0.15, 0.2) is 5.82 Å². The van der Waals surface area contributed by atoms with Crippen LogP contribution in [0.1, 0.15) is 39.2 Å². The van der Waals surface area contributed by atoms with Crippen molar-refractivity contribution >= 4 is 17.0 Å². The first kappa shape index (κ1) is 11.9. The van der Waals surface area contributed by atoms with Crippen LogP contribution in [-0.2, 0) is 0 Å². The third-order valence-electron chi connectivity index (χ3n) is 3.16. The molecule has 0 bridgehead atoms. The number of hydrogen-bond donors (Lipinski definition) is 1. The molecule has 1 atom stereocenters. The van der Waals surface area contributed by atoms with Crippen molar-refractivity contribution in [3.05, 3.63) is 24.0 Å². The van der Waals surface area contributed by atoms with Crippen LogP contribution < -0.4 is 5.73 Å². The quantitative estimate of drug-likeness (QED) is 0.881. The third kappa shape index (κ3) is 1.99. The van der Waals surface area contributed by atoms with Crippen LogP contribution in [0.4, 0.5) is 10.3 Å². The smallest absolute Gasteiger partial charge is 0.201 e. The summed E-state index contributed by atoms with van der Waals surface area (Å²) in [7, 11) is 0. The maximum absolute atomic E-state index is 13.6. The van der Waals surface area contributed by atoms with Crippen molar-refractivity contribution in [2.75, 3.05) is 5.73 Å². The van der Waals surface area contributed by atoms with Gasteiger partial charge in [-0.2, -0.15) is 0 Å². The second-order valence-corrected chi connectivity index (χ2v) is 4.30. The number of nitrogen functional groups attached to an aromatic ring is 1. The summed E-state index contributed by atoms with van der Waals surface area (Å²) in [5.74, 6) is 0.102. The average Bonchev–Trinajstić information content (AvgIpc) is 2.64. The molecule has 0 aliphatic rings. The molecule has 1 unspecified atom stereocenters. The van der Waals surface area contributed by atoms with Crippen LogP contribution in [0.15, 0.2) is 18.2 Å². The Bertz CT molecular complexity index is 519. The molecular formula is C13H18FN3. The van der Waals surface area contributed by atoms with Gasteiger partial charge >= 0.3 is 0 Å². The van der Waals surface area contributed by atoms with Crippen LogP contribution in [0.3, 0.4) is 0 Å². The molecule has 4 heteroatoms. The number of halogens is 1. The van der Waals surface area contributed by atoms with E-state index in [1.165, 1.54) is 6.07 Å². The van der Waals surface area contributed by atoms with Crippen molar-refractivity contribution in [3.8, 4) is 0 Å². The summed E-state index contributed by atoms with van der Waals surface area (Å²) < 4.78 is 15.6. The Balaban J connectivity index is 2.59. The predicted molar refractivity (Wildman–Crippen MR) is 68.3 cm³/mol. The number of anilines is 1. The maximum atomic E-state index is 13.6. The molecule has 2 aromatic rings. The van der Waals surface area contributed by atoms with E-state index in [-0.39, 0.29) is 5.82 Å². The van der Waals surface area contributed by atoms with E-state index in [1.54, 1.807) is 6.07 Å². The first-order chi connectivity index (χ1) is 8.19. The van der Waals surface area contributed by atoms with Gasteiger partial charge in [0.2, 0.25) is 5.95 Å². The molecule has 0 saturated carbocycles. The van der Waals surface area contributed by atoms with Crippen LogP contribution in [0.25, 0.3) is 11.0 Å². The minimum atomic E-state index is -0.306. The summed E-state index contributed by atoms with van der Waals surface area (Å²) in [6.45, 7) is 4.25. The summed E-state index contributed by atoms with van der Waals surface area (Å²) >= 11 is 0. The maximum Gasteiger partial charge on any atom is 0.201 e. The number of para-hydroxylation sites is 1. The van der Waals surface area contributed by atoms with Gasteiger partial charge in [0.25, 0.3) is 0 Å². The predicted octanol–water partition coefficient (Wildman–Crippen LogP) is 3.51. The summed E-state index contributed by atoms with van der Waals surface area (Å²) in [6, 6.07) is 5.29. The first-order valence-electron chi connectivity index (χ1n) is 6.11. The van der Waals surface area contributed by atoms with E-state index in [4.69, 9.17) is 5.73 Å². The van der Waals surface area contributed by atoms with Crippen LogP contribution in [-0.4, -0.2) is 9.55 Å². The van der Waals surface area contributed by atoms with E-state index in [9.17, 15) is 4.39 Å². The molecule has 2 rings (SSSR count). The molecule has 17 heavy (non-hydrogen) atoms. The minimum Gasteiger partial charge on any atom is -0.369 e. The van der Waals surface area contributed by atoms with Gasteiger partial charge in [-0.3, -0.25) is 0 Å². The second-order valence-electron chi connectivity index (χ2n) is 4.30. The summed E-state index contributed by atoms with van der Waals surface area (Å²) in [4.78, 5) is 4.13. The topological polar surface area (TPSA) is 43.8 Å². The largest absolute Gasteiger partial charge is 0.369 e. The number of fused-ring (bicyclic) bond motifs is 1. The van der Waals surface area contributed by atoms with Crippen molar-refractivity contribution in [1.82, 2.24) is 9.55 Å². The average molecular weight is 235 g/mol. The molecule has 0 fully saturated rings. The zero-order chi connectivity index (χ0) is 12.4. The highest BCUT2D eigenvalue weighted by Crippen LogP contribution is 2.28. The first-order valence-corrected chi connectivity index (χ1v) is 6.11. The molecular weight excluding hydrogens is 217 g/mol. The Morgan fingerprint density at radius 3 is 2.82 bits per heavy atom. The standard InChI is InChI=1S/C13H18FN3/c1-3-6-9(4-2)17-11-8-5-7-10(14)12(11)16-13(17)15/h5,7-9H,3-4,6H2,1-2H3,(H2,15,16). The monoisotopic (exact) mass is 235 g/mol. The lowest BCUT2D eigenvalue weighted by molar-refractivity contribution is 0.463. The minimum absolute atomic E-state index is 0.298. The molecule has 0 saturated heterocycles. The Hall–Kier alpha value is -1.58. The lowest BCUT2D eigenvalue weighted by atomic mass is 10.1. The number of benzene rings is 1. The van der Waals surface area contributed by atoms with Crippen LogP contribution in [0, 0.1) is 5.82 Å². The fourth-order valence-corrected chi connectivity index (χ4v) is 2.33.